The van der Waals surface area contributed by atoms with E-state index >= 15 is 0 Å². The molecule has 2 aromatic rings. The highest BCUT2D eigenvalue weighted by Crippen LogP contribution is 2.25. The highest BCUT2D eigenvalue weighted by Gasteiger charge is 2.28. The van der Waals surface area contributed by atoms with Gasteiger partial charge in [-0.15, -0.1) is 11.3 Å². The smallest absolute Gasteiger partial charge is 0.263 e. The Morgan fingerprint density at radius 1 is 1.45 bits per heavy atom. The average Bonchev–Trinajstić information content (AvgIpc) is 2.73. The van der Waals surface area contributed by atoms with Gasteiger partial charge in [0.1, 0.15) is 11.9 Å². The topological polar surface area (TPSA) is 64.0 Å². The molecule has 1 aliphatic rings. The van der Waals surface area contributed by atoms with E-state index < -0.39 is 6.04 Å². The van der Waals surface area contributed by atoms with Gasteiger partial charge in [-0.2, -0.15) is 0 Å². The van der Waals surface area contributed by atoms with Crippen LogP contribution in [0.25, 0.3) is 10.9 Å². The van der Waals surface area contributed by atoms with E-state index in [1.54, 1.807) is 6.92 Å². The summed E-state index contributed by atoms with van der Waals surface area (Å²) in [6.07, 6.45) is 1.27. The molecule has 1 atom stereocenters. The molecule has 0 aliphatic carbocycles. The maximum atomic E-state index is 12.7. The quantitative estimate of drug-likeness (QED) is 0.873. The average molecular weight is 289 g/mol. The summed E-state index contributed by atoms with van der Waals surface area (Å²) < 4.78 is 1.52. The van der Waals surface area contributed by atoms with Crippen LogP contribution in [0.5, 0.6) is 0 Å². The minimum Gasteiger partial charge on any atom is -0.329 e. The number of allylic oxidation sites excluding steroid dienone is 1. The number of hydrogen-bond acceptors (Lipinski definition) is 4. The molecule has 1 aliphatic heterocycles. The first-order valence-electron chi connectivity index (χ1n) is 6.44. The van der Waals surface area contributed by atoms with Crippen LogP contribution < -0.4 is 10.9 Å². The molecule has 0 saturated carbocycles. The second-order valence-electron chi connectivity index (χ2n) is 5.03. The van der Waals surface area contributed by atoms with Crippen molar-refractivity contribution in [3.63, 3.8) is 0 Å². The molecule has 1 fully saturated rings. The van der Waals surface area contributed by atoms with Gasteiger partial charge < -0.3 is 5.32 Å². The van der Waals surface area contributed by atoms with Crippen LogP contribution in [0, 0.1) is 13.8 Å². The van der Waals surface area contributed by atoms with E-state index in [1.165, 1.54) is 15.9 Å². The van der Waals surface area contributed by atoms with Gasteiger partial charge in [0.05, 0.1) is 10.9 Å². The first-order chi connectivity index (χ1) is 9.49. The number of hydrogen-bond donors (Lipinski definition) is 1. The molecular weight excluding hydrogens is 274 g/mol. The standard InChI is InChI=1S/C14H15N3O2S/c1-7-4-5-11(13(18)15-7)17-9(3)16-10-6-20-8(2)12(10)14(17)19/h6,11H,1,4-5H2,2-3H3,(H,15,18). The lowest BCUT2D eigenvalue weighted by atomic mass is 10.0. The Bertz CT molecular complexity index is 788. The van der Waals surface area contributed by atoms with E-state index in [2.05, 4.69) is 16.9 Å². The van der Waals surface area contributed by atoms with Crippen LogP contribution in [-0.4, -0.2) is 15.5 Å². The van der Waals surface area contributed by atoms with Crippen LogP contribution in [0.3, 0.4) is 0 Å². The van der Waals surface area contributed by atoms with Crippen LogP contribution in [0.4, 0.5) is 0 Å². The Morgan fingerprint density at radius 3 is 2.90 bits per heavy atom. The molecule has 1 amide bonds. The van der Waals surface area contributed by atoms with Gasteiger partial charge in [0.15, 0.2) is 0 Å². The number of nitrogens with zero attached hydrogens (tertiary/aromatic N) is 2. The number of rotatable bonds is 1. The summed E-state index contributed by atoms with van der Waals surface area (Å²) in [5, 5.41) is 5.22. The maximum Gasteiger partial charge on any atom is 0.263 e. The normalized spacial score (nSPS) is 19.4. The fourth-order valence-corrected chi connectivity index (χ4v) is 3.42. The van der Waals surface area contributed by atoms with E-state index in [9.17, 15) is 9.59 Å². The van der Waals surface area contributed by atoms with Crippen molar-refractivity contribution < 1.29 is 4.79 Å². The first-order valence-corrected chi connectivity index (χ1v) is 7.32. The fraction of sp³-hybridized carbons (Fsp3) is 0.357. The monoisotopic (exact) mass is 289 g/mol. The fourth-order valence-electron chi connectivity index (χ4n) is 2.66. The van der Waals surface area contributed by atoms with E-state index in [0.29, 0.717) is 35.3 Å². The number of thiophene rings is 1. The molecule has 1 unspecified atom stereocenters. The molecule has 5 nitrogen and oxygen atoms in total. The minimum absolute atomic E-state index is 0.126. The Labute approximate surface area is 119 Å². The van der Waals surface area contributed by atoms with Crippen molar-refractivity contribution in [1.82, 2.24) is 14.9 Å². The van der Waals surface area contributed by atoms with Crippen molar-refractivity contribution in [3.8, 4) is 0 Å². The second kappa shape index (κ2) is 4.56. The Morgan fingerprint density at radius 2 is 2.20 bits per heavy atom. The molecule has 6 heteroatoms. The van der Waals surface area contributed by atoms with Gasteiger partial charge in [-0.3, -0.25) is 14.2 Å². The van der Waals surface area contributed by atoms with Gasteiger partial charge >= 0.3 is 0 Å². The lowest BCUT2D eigenvalue weighted by Gasteiger charge is -2.26. The van der Waals surface area contributed by atoms with Crippen LogP contribution in [0.15, 0.2) is 22.5 Å². The zero-order valence-electron chi connectivity index (χ0n) is 11.4. The molecule has 0 spiro atoms. The summed E-state index contributed by atoms with van der Waals surface area (Å²) >= 11 is 1.51. The van der Waals surface area contributed by atoms with Crippen LogP contribution in [0.2, 0.25) is 0 Å². The molecular formula is C14H15N3O2S. The predicted molar refractivity (Wildman–Crippen MR) is 78.9 cm³/mol. The van der Waals surface area contributed by atoms with Gasteiger partial charge in [-0.25, -0.2) is 4.98 Å². The van der Waals surface area contributed by atoms with Crippen molar-refractivity contribution in [2.24, 2.45) is 0 Å². The highest BCUT2D eigenvalue weighted by molar-refractivity contribution is 7.11. The molecule has 1 N–H and O–H groups in total. The SMILES string of the molecule is C=C1CCC(n2c(C)nc3csc(C)c3c2=O)C(=O)N1. The molecule has 0 radical (unpaired) electrons. The minimum atomic E-state index is -0.496. The largest absolute Gasteiger partial charge is 0.329 e. The number of amides is 1. The number of nitrogens with one attached hydrogen (secondary N) is 1. The molecule has 20 heavy (non-hydrogen) atoms. The molecule has 0 bridgehead atoms. The van der Waals surface area contributed by atoms with Gasteiger partial charge in [-0.05, 0) is 26.7 Å². The van der Waals surface area contributed by atoms with Crippen molar-refractivity contribution in [1.29, 1.82) is 0 Å². The van der Waals surface area contributed by atoms with Gasteiger partial charge in [0, 0.05) is 16.0 Å². The Balaban J connectivity index is 2.21. The van der Waals surface area contributed by atoms with Crippen LogP contribution in [0.1, 0.15) is 29.6 Å². The Hall–Kier alpha value is -1.95. The summed E-state index contributed by atoms with van der Waals surface area (Å²) in [6, 6.07) is -0.496. The van der Waals surface area contributed by atoms with Crippen molar-refractivity contribution in [2.45, 2.75) is 32.7 Å². The van der Waals surface area contributed by atoms with E-state index in [1.807, 2.05) is 12.3 Å². The van der Waals surface area contributed by atoms with Crippen molar-refractivity contribution in [3.05, 3.63) is 38.7 Å². The molecule has 0 aromatic carbocycles. The highest BCUT2D eigenvalue weighted by atomic mass is 32.1. The lowest BCUT2D eigenvalue weighted by Crippen LogP contribution is -2.41. The van der Waals surface area contributed by atoms with Gasteiger partial charge in [-0.1, -0.05) is 6.58 Å². The van der Waals surface area contributed by atoms with Crippen LogP contribution >= 0.6 is 11.3 Å². The number of carbonyl (C=O) groups excluding carboxylic acids is 1. The molecule has 3 heterocycles. The van der Waals surface area contributed by atoms with E-state index in [0.717, 1.165) is 4.88 Å². The second-order valence-corrected chi connectivity index (χ2v) is 6.12. The van der Waals surface area contributed by atoms with Gasteiger partial charge in [0.2, 0.25) is 5.91 Å². The maximum absolute atomic E-state index is 12.7. The zero-order valence-corrected chi connectivity index (χ0v) is 12.2. The molecule has 3 rings (SSSR count). The summed E-state index contributed by atoms with van der Waals surface area (Å²) in [5.74, 6) is 0.397. The predicted octanol–water partition coefficient (Wildman–Crippen LogP) is 2.04. The first kappa shape index (κ1) is 13.1. The van der Waals surface area contributed by atoms with Gasteiger partial charge in [0.25, 0.3) is 5.56 Å². The zero-order chi connectivity index (χ0) is 14.4. The summed E-state index contributed by atoms with van der Waals surface area (Å²) in [7, 11) is 0. The third-order valence-electron chi connectivity index (χ3n) is 3.65. The van der Waals surface area contributed by atoms with Crippen molar-refractivity contribution >= 4 is 28.1 Å². The van der Waals surface area contributed by atoms with E-state index in [4.69, 9.17) is 0 Å². The lowest BCUT2D eigenvalue weighted by molar-refractivity contribution is -0.124. The third kappa shape index (κ3) is 1.87. The van der Waals surface area contributed by atoms with E-state index in [-0.39, 0.29) is 11.5 Å². The number of aryl methyl sites for hydroxylation is 2. The molecule has 1 saturated heterocycles. The summed E-state index contributed by atoms with van der Waals surface area (Å²) in [4.78, 5) is 30.2. The number of piperidine rings is 1. The summed E-state index contributed by atoms with van der Waals surface area (Å²) in [5.41, 5.74) is 1.29. The number of aromatic nitrogens is 2. The van der Waals surface area contributed by atoms with Crippen molar-refractivity contribution in [2.75, 3.05) is 0 Å². The molecule has 2 aromatic heterocycles. The van der Waals surface area contributed by atoms with Crippen LogP contribution in [-0.2, 0) is 4.79 Å². The molecule has 104 valence electrons. The number of carbonyl (C=O) groups is 1. The Kier molecular flexibility index (Phi) is 2.97. The number of fused-ring (bicyclic) bond motifs is 1. The summed E-state index contributed by atoms with van der Waals surface area (Å²) in [6.45, 7) is 7.43. The third-order valence-corrected chi connectivity index (χ3v) is 4.55.